The summed E-state index contributed by atoms with van der Waals surface area (Å²) in [5, 5.41) is 32.8. The zero-order valence-corrected chi connectivity index (χ0v) is 14.7. The number of rotatable bonds is 5. The summed E-state index contributed by atoms with van der Waals surface area (Å²) < 4.78 is 7.11. The van der Waals surface area contributed by atoms with Crippen LogP contribution in [0.4, 0.5) is 5.82 Å². The maximum absolute atomic E-state index is 10.2. The lowest BCUT2D eigenvalue weighted by Gasteiger charge is -2.16. The first-order chi connectivity index (χ1) is 13.1. The minimum atomic E-state index is -1.20. The molecule has 1 fully saturated rings. The Hall–Kier alpha value is -2.59. The van der Waals surface area contributed by atoms with Crippen molar-refractivity contribution in [2.24, 2.45) is 0 Å². The molecule has 0 bridgehead atoms. The van der Waals surface area contributed by atoms with Gasteiger partial charge in [0.2, 0.25) is 0 Å². The zero-order valence-electron chi connectivity index (χ0n) is 14.7. The van der Waals surface area contributed by atoms with E-state index in [1.165, 1.54) is 18.2 Å². The average Bonchev–Trinajstić information content (AvgIpc) is 3.23. The van der Waals surface area contributed by atoms with Gasteiger partial charge in [0.1, 0.15) is 24.6 Å². The van der Waals surface area contributed by atoms with Gasteiger partial charge in [0.15, 0.2) is 23.2 Å². The number of aromatic nitrogens is 4. The van der Waals surface area contributed by atoms with E-state index in [9.17, 15) is 15.3 Å². The highest BCUT2D eigenvalue weighted by Gasteiger charge is 2.44. The van der Waals surface area contributed by atoms with Crippen molar-refractivity contribution in [3.05, 3.63) is 48.0 Å². The van der Waals surface area contributed by atoms with Gasteiger partial charge in [0.05, 0.1) is 12.9 Å². The van der Waals surface area contributed by atoms with Crippen LogP contribution in [-0.4, -0.2) is 59.8 Å². The topological polar surface area (TPSA) is 126 Å². The van der Waals surface area contributed by atoms with Crippen LogP contribution in [0.3, 0.4) is 0 Å². The summed E-state index contributed by atoms with van der Waals surface area (Å²) in [5.74, 6) is 0.564. The number of fused-ring (bicyclic) bond motifs is 1. The van der Waals surface area contributed by atoms with Crippen molar-refractivity contribution in [3.8, 4) is 0 Å². The molecule has 4 atom stereocenters. The predicted molar refractivity (Wildman–Crippen MR) is 96.8 cm³/mol. The number of aryl methyl sites for hydroxylation is 1. The highest BCUT2D eigenvalue weighted by molar-refractivity contribution is 5.82. The first-order valence-electron chi connectivity index (χ1n) is 8.68. The molecule has 3 heterocycles. The molecule has 0 aliphatic carbocycles. The van der Waals surface area contributed by atoms with Gasteiger partial charge in [0.25, 0.3) is 0 Å². The molecule has 3 aromatic rings. The Morgan fingerprint density at radius 1 is 1.15 bits per heavy atom. The van der Waals surface area contributed by atoms with Gasteiger partial charge in [0, 0.05) is 6.54 Å². The largest absolute Gasteiger partial charge is 0.394 e. The first-order valence-corrected chi connectivity index (χ1v) is 8.68. The van der Waals surface area contributed by atoms with E-state index in [-0.39, 0.29) is 6.61 Å². The second-order valence-corrected chi connectivity index (χ2v) is 6.56. The number of aliphatic hydroxyl groups excluding tert-OH is 3. The van der Waals surface area contributed by atoms with Crippen molar-refractivity contribution >= 4 is 17.0 Å². The smallest absolute Gasteiger partial charge is 0.167 e. The van der Waals surface area contributed by atoms with Crippen LogP contribution in [0.15, 0.2) is 36.9 Å². The number of nitrogens with one attached hydrogen (secondary N) is 1. The summed E-state index contributed by atoms with van der Waals surface area (Å²) >= 11 is 0. The van der Waals surface area contributed by atoms with Gasteiger partial charge < -0.3 is 25.4 Å². The van der Waals surface area contributed by atoms with Gasteiger partial charge in [-0.3, -0.25) is 4.57 Å². The molecule has 3 unspecified atom stereocenters. The molecule has 0 radical (unpaired) electrons. The second kappa shape index (κ2) is 7.20. The summed E-state index contributed by atoms with van der Waals surface area (Å²) in [7, 11) is 0. The normalized spacial score (nSPS) is 25.2. The summed E-state index contributed by atoms with van der Waals surface area (Å²) in [5.41, 5.74) is 3.32. The molecule has 0 spiro atoms. The van der Waals surface area contributed by atoms with Gasteiger partial charge in [-0.1, -0.05) is 24.3 Å². The van der Waals surface area contributed by atoms with Crippen LogP contribution in [0, 0.1) is 6.92 Å². The minimum Gasteiger partial charge on any atom is -0.394 e. The summed E-state index contributed by atoms with van der Waals surface area (Å²) in [4.78, 5) is 12.9. The van der Waals surface area contributed by atoms with Crippen LogP contribution in [0.25, 0.3) is 11.2 Å². The molecule has 2 aromatic heterocycles. The van der Waals surface area contributed by atoms with E-state index in [2.05, 4.69) is 20.3 Å². The Balaban J connectivity index is 1.61. The van der Waals surface area contributed by atoms with Crippen molar-refractivity contribution < 1.29 is 20.1 Å². The fourth-order valence-electron chi connectivity index (χ4n) is 3.26. The Labute approximate surface area is 155 Å². The van der Waals surface area contributed by atoms with Crippen molar-refractivity contribution in [3.63, 3.8) is 0 Å². The molecule has 1 aliphatic heterocycles. The lowest BCUT2D eigenvalue weighted by Crippen LogP contribution is -2.33. The van der Waals surface area contributed by atoms with Crippen LogP contribution in [0.2, 0.25) is 0 Å². The van der Waals surface area contributed by atoms with E-state index in [0.29, 0.717) is 23.5 Å². The summed E-state index contributed by atoms with van der Waals surface area (Å²) in [6.07, 6.45) is -1.24. The summed E-state index contributed by atoms with van der Waals surface area (Å²) in [6.45, 7) is 2.24. The van der Waals surface area contributed by atoms with E-state index in [1.807, 2.05) is 31.2 Å². The van der Waals surface area contributed by atoms with Crippen molar-refractivity contribution in [2.45, 2.75) is 38.0 Å². The van der Waals surface area contributed by atoms with Crippen LogP contribution in [0.5, 0.6) is 0 Å². The number of anilines is 1. The van der Waals surface area contributed by atoms with Crippen LogP contribution >= 0.6 is 0 Å². The molecule has 4 rings (SSSR count). The molecule has 9 nitrogen and oxygen atoms in total. The lowest BCUT2D eigenvalue weighted by atomic mass is 10.1. The van der Waals surface area contributed by atoms with Crippen molar-refractivity contribution in [2.75, 3.05) is 11.9 Å². The van der Waals surface area contributed by atoms with Gasteiger partial charge in [-0.25, -0.2) is 15.0 Å². The molecule has 0 amide bonds. The molecule has 0 saturated carbocycles. The fourth-order valence-corrected chi connectivity index (χ4v) is 3.26. The van der Waals surface area contributed by atoms with Gasteiger partial charge >= 0.3 is 0 Å². The Bertz CT molecular complexity index is 946. The number of imidazole rings is 1. The van der Waals surface area contributed by atoms with E-state index in [1.54, 1.807) is 4.57 Å². The summed E-state index contributed by atoms with van der Waals surface area (Å²) in [6, 6.07) is 8.06. The maximum Gasteiger partial charge on any atom is 0.167 e. The zero-order chi connectivity index (χ0) is 19.0. The van der Waals surface area contributed by atoms with Gasteiger partial charge in [-0.2, -0.15) is 0 Å². The third-order valence-corrected chi connectivity index (χ3v) is 4.86. The van der Waals surface area contributed by atoms with E-state index < -0.39 is 24.5 Å². The maximum atomic E-state index is 10.2. The molecular formula is C18H21N5O4. The lowest BCUT2D eigenvalue weighted by molar-refractivity contribution is -0.0511. The molecule has 4 N–H and O–H groups in total. The third kappa shape index (κ3) is 3.15. The number of hydrogen-bond donors (Lipinski definition) is 4. The Kier molecular flexibility index (Phi) is 4.75. The number of benzene rings is 1. The third-order valence-electron chi connectivity index (χ3n) is 4.86. The fraction of sp³-hybridized carbons (Fsp3) is 0.389. The Morgan fingerprint density at radius 3 is 2.70 bits per heavy atom. The molecule has 142 valence electrons. The van der Waals surface area contributed by atoms with Crippen LogP contribution in [0.1, 0.15) is 17.4 Å². The molecule has 1 saturated heterocycles. The molecule has 9 heteroatoms. The van der Waals surface area contributed by atoms with E-state index >= 15 is 0 Å². The number of nitrogens with zero attached hydrogens (tertiary/aromatic N) is 4. The van der Waals surface area contributed by atoms with Gasteiger partial charge in [-0.15, -0.1) is 0 Å². The highest BCUT2D eigenvalue weighted by Crippen LogP contribution is 2.32. The minimum absolute atomic E-state index is 0.389. The monoisotopic (exact) mass is 371 g/mol. The Morgan fingerprint density at radius 2 is 1.96 bits per heavy atom. The molecule has 1 aromatic carbocycles. The quantitative estimate of drug-likeness (QED) is 0.507. The molecular weight excluding hydrogens is 350 g/mol. The average molecular weight is 371 g/mol. The van der Waals surface area contributed by atoms with E-state index in [0.717, 1.165) is 5.56 Å². The number of ether oxygens (including phenoxy) is 1. The van der Waals surface area contributed by atoms with Crippen LogP contribution < -0.4 is 5.32 Å². The first kappa shape index (κ1) is 17.8. The standard InChI is InChI=1S/C18H21N5O4/c1-10-4-2-3-5-11(10)6-19-16-13-17(21-8-20-16)23(9-22-13)18-15(26)14(25)12(7-24)27-18/h2-5,8-9,12,14-15,18,24-26H,6-7H2,1H3,(H,19,20,21)/t12?,14?,15?,18-/m1/s1. The SMILES string of the molecule is Cc1ccccc1CNc1ncnc2c1ncn2[C@@H]1OC(CO)C(O)C1O. The van der Waals surface area contributed by atoms with Crippen molar-refractivity contribution in [1.29, 1.82) is 0 Å². The molecule has 27 heavy (non-hydrogen) atoms. The highest BCUT2D eigenvalue weighted by atomic mass is 16.6. The van der Waals surface area contributed by atoms with Crippen molar-refractivity contribution in [1.82, 2.24) is 19.5 Å². The van der Waals surface area contributed by atoms with Gasteiger partial charge in [-0.05, 0) is 18.1 Å². The number of aliphatic hydroxyl groups is 3. The van der Waals surface area contributed by atoms with Crippen LogP contribution in [-0.2, 0) is 11.3 Å². The predicted octanol–water partition coefficient (Wildman–Crippen LogP) is 0.358. The van der Waals surface area contributed by atoms with E-state index in [4.69, 9.17) is 4.74 Å². The molecule has 1 aliphatic rings. The number of hydrogen-bond acceptors (Lipinski definition) is 8. The second-order valence-electron chi connectivity index (χ2n) is 6.56.